The van der Waals surface area contributed by atoms with Crippen LogP contribution in [0.5, 0.6) is 0 Å². The molecular formula is C31H32N2O2. The van der Waals surface area contributed by atoms with Crippen molar-refractivity contribution in [2.45, 2.75) is 32.0 Å². The van der Waals surface area contributed by atoms with E-state index >= 15 is 0 Å². The first-order chi connectivity index (χ1) is 17.2. The summed E-state index contributed by atoms with van der Waals surface area (Å²) in [6, 6.07) is 33.8. The Kier molecular flexibility index (Phi) is 6.96. The van der Waals surface area contributed by atoms with Crippen molar-refractivity contribution in [1.29, 1.82) is 0 Å². The van der Waals surface area contributed by atoms with Crippen molar-refractivity contribution in [1.82, 2.24) is 9.88 Å². The standard InChI is InChI=1S/C31H32N2O2/c1-2-25(21-34)32-19-26(35)20-33-30(24-14-7-4-8-15-24)29(23-12-5-3-6-13-23)28-18-17-22-11-9-10-16-27(22)31(28)33/h3-18,25-26,32,34-35H,2,19-21H2,1H3/t25-,26+/m0/s1. The van der Waals surface area contributed by atoms with E-state index in [4.69, 9.17) is 0 Å². The second-order valence-corrected chi connectivity index (χ2v) is 9.10. The molecule has 2 atom stereocenters. The molecule has 4 aromatic carbocycles. The van der Waals surface area contributed by atoms with Crippen LogP contribution < -0.4 is 5.32 Å². The third-order valence-corrected chi connectivity index (χ3v) is 6.80. The normalized spacial score (nSPS) is 13.3. The maximum atomic E-state index is 11.2. The Bertz CT molecular complexity index is 1410. The summed E-state index contributed by atoms with van der Waals surface area (Å²) in [7, 11) is 0. The number of hydrogen-bond donors (Lipinski definition) is 3. The van der Waals surface area contributed by atoms with E-state index in [1.165, 1.54) is 21.7 Å². The number of aliphatic hydroxyl groups is 2. The second-order valence-electron chi connectivity index (χ2n) is 9.10. The predicted molar refractivity (Wildman–Crippen MR) is 145 cm³/mol. The molecule has 5 aromatic rings. The third-order valence-electron chi connectivity index (χ3n) is 6.80. The molecule has 0 saturated carbocycles. The predicted octanol–water partition coefficient (Wildman–Crippen LogP) is 5.85. The Morgan fingerprint density at radius 1 is 0.771 bits per heavy atom. The molecule has 0 saturated heterocycles. The van der Waals surface area contributed by atoms with Gasteiger partial charge in [-0.2, -0.15) is 0 Å². The lowest BCUT2D eigenvalue weighted by Crippen LogP contribution is -2.39. The fraction of sp³-hybridized carbons (Fsp3) is 0.226. The van der Waals surface area contributed by atoms with Gasteiger partial charge in [-0.25, -0.2) is 0 Å². The number of nitrogens with one attached hydrogen (secondary N) is 1. The van der Waals surface area contributed by atoms with Gasteiger partial charge in [-0.05, 0) is 22.9 Å². The van der Waals surface area contributed by atoms with Crippen LogP contribution in [0.1, 0.15) is 13.3 Å². The molecule has 0 bridgehead atoms. The first-order valence-electron chi connectivity index (χ1n) is 12.4. The van der Waals surface area contributed by atoms with Gasteiger partial charge in [0, 0.05) is 28.9 Å². The molecule has 1 aromatic heterocycles. The molecule has 0 unspecified atom stereocenters. The average molecular weight is 465 g/mol. The molecule has 1 heterocycles. The number of aromatic nitrogens is 1. The molecular weight excluding hydrogens is 432 g/mol. The molecule has 4 heteroatoms. The summed E-state index contributed by atoms with van der Waals surface area (Å²) in [5, 5.41) is 27.6. The first-order valence-corrected chi connectivity index (χ1v) is 12.4. The van der Waals surface area contributed by atoms with Crippen LogP contribution in [-0.2, 0) is 6.54 Å². The highest BCUT2D eigenvalue weighted by molar-refractivity contribution is 6.15. The molecule has 0 amide bonds. The Labute approximate surface area is 206 Å². The van der Waals surface area contributed by atoms with Crippen molar-refractivity contribution < 1.29 is 10.2 Å². The lowest BCUT2D eigenvalue weighted by atomic mass is 9.97. The molecule has 0 aliphatic carbocycles. The largest absolute Gasteiger partial charge is 0.395 e. The quantitative estimate of drug-likeness (QED) is 0.256. The van der Waals surface area contributed by atoms with Crippen molar-refractivity contribution in [3.8, 4) is 22.4 Å². The smallest absolute Gasteiger partial charge is 0.0843 e. The number of nitrogens with zero attached hydrogens (tertiary/aromatic N) is 1. The summed E-state index contributed by atoms with van der Waals surface area (Å²) in [6.45, 7) is 2.95. The van der Waals surface area contributed by atoms with Crippen molar-refractivity contribution in [3.63, 3.8) is 0 Å². The summed E-state index contributed by atoms with van der Waals surface area (Å²) in [4.78, 5) is 0. The van der Waals surface area contributed by atoms with Crippen LogP contribution in [0.4, 0.5) is 0 Å². The van der Waals surface area contributed by atoms with E-state index in [-0.39, 0.29) is 12.6 Å². The second kappa shape index (κ2) is 10.4. The van der Waals surface area contributed by atoms with Gasteiger partial charge in [-0.15, -0.1) is 0 Å². The van der Waals surface area contributed by atoms with Crippen LogP contribution in [0.15, 0.2) is 97.1 Å². The molecule has 0 aliphatic heterocycles. The first kappa shape index (κ1) is 23.3. The van der Waals surface area contributed by atoms with Crippen LogP contribution in [0.2, 0.25) is 0 Å². The van der Waals surface area contributed by atoms with Gasteiger partial charge in [0.05, 0.1) is 30.5 Å². The summed E-state index contributed by atoms with van der Waals surface area (Å²) >= 11 is 0. The number of hydrogen-bond acceptors (Lipinski definition) is 3. The number of rotatable bonds is 9. The Morgan fingerprint density at radius 2 is 1.43 bits per heavy atom. The number of benzene rings is 4. The van der Waals surface area contributed by atoms with Gasteiger partial charge >= 0.3 is 0 Å². The summed E-state index contributed by atoms with van der Waals surface area (Å²) < 4.78 is 2.29. The van der Waals surface area contributed by atoms with Crippen molar-refractivity contribution in [3.05, 3.63) is 97.1 Å². The Morgan fingerprint density at radius 3 is 2.11 bits per heavy atom. The zero-order chi connectivity index (χ0) is 24.2. The van der Waals surface area contributed by atoms with Gasteiger partial charge in [0.2, 0.25) is 0 Å². The average Bonchev–Trinajstić information content (AvgIpc) is 3.24. The minimum atomic E-state index is -0.615. The van der Waals surface area contributed by atoms with Gasteiger partial charge in [-0.1, -0.05) is 104 Å². The zero-order valence-electron chi connectivity index (χ0n) is 20.1. The third kappa shape index (κ3) is 4.61. The summed E-state index contributed by atoms with van der Waals surface area (Å²) in [5.41, 5.74) is 5.70. The molecule has 3 N–H and O–H groups in total. The van der Waals surface area contributed by atoms with Gasteiger partial charge in [0.1, 0.15) is 0 Å². The molecule has 0 aliphatic rings. The monoisotopic (exact) mass is 464 g/mol. The molecule has 0 spiro atoms. The topological polar surface area (TPSA) is 57.4 Å². The highest BCUT2D eigenvalue weighted by Crippen LogP contribution is 2.43. The molecule has 0 fully saturated rings. The van der Waals surface area contributed by atoms with Crippen LogP contribution in [0.25, 0.3) is 44.1 Å². The maximum Gasteiger partial charge on any atom is 0.0843 e. The Hall–Kier alpha value is -3.44. The van der Waals surface area contributed by atoms with Gasteiger partial charge in [0.15, 0.2) is 0 Å². The fourth-order valence-corrected chi connectivity index (χ4v) is 5.01. The van der Waals surface area contributed by atoms with E-state index in [0.29, 0.717) is 13.1 Å². The van der Waals surface area contributed by atoms with Crippen molar-refractivity contribution >= 4 is 21.7 Å². The zero-order valence-corrected chi connectivity index (χ0v) is 20.1. The highest BCUT2D eigenvalue weighted by atomic mass is 16.3. The van der Waals surface area contributed by atoms with Crippen LogP contribution in [0.3, 0.4) is 0 Å². The molecule has 4 nitrogen and oxygen atoms in total. The minimum absolute atomic E-state index is 0.0136. The van der Waals surface area contributed by atoms with Gasteiger partial charge < -0.3 is 20.1 Å². The van der Waals surface area contributed by atoms with Crippen LogP contribution >= 0.6 is 0 Å². The van der Waals surface area contributed by atoms with E-state index in [1.54, 1.807) is 0 Å². The van der Waals surface area contributed by atoms with E-state index in [2.05, 4.69) is 94.8 Å². The lowest BCUT2D eigenvalue weighted by molar-refractivity contribution is 0.141. The van der Waals surface area contributed by atoms with E-state index < -0.39 is 6.10 Å². The Balaban J connectivity index is 1.75. The number of aliphatic hydroxyl groups excluding tert-OH is 2. The highest BCUT2D eigenvalue weighted by Gasteiger charge is 2.23. The molecule has 5 rings (SSSR count). The fourth-order valence-electron chi connectivity index (χ4n) is 5.01. The SMILES string of the molecule is CC[C@@H](CO)NC[C@@H](O)Cn1c(-c2ccccc2)c(-c2ccccc2)c2ccc3ccccc3c21. The maximum absolute atomic E-state index is 11.2. The van der Waals surface area contributed by atoms with Gasteiger partial charge in [-0.3, -0.25) is 0 Å². The molecule has 35 heavy (non-hydrogen) atoms. The number of fused-ring (bicyclic) bond motifs is 3. The van der Waals surface area contributed by atoms with Crippen molar-refractivity contribution in [2.24, 2.45) is 0 Å². The molecule has 0 radical (unpaired) electrons. The summed E-state index contributed by atoms with van der Waals surface area (Å²) in [5.74, 6) is 0. The van der Waals surface area contributed by atoms with E-state index in [0.717, 1.165) is 28.8 Å². The minimum Gasteiger partial charge on any atom is -0.395 e. The van der Waals surface area contributed by atoms with Crippen molar-refractivity contribution in [2.75, 3.05) is 13.2 Å². The van der Waals surface area contributed by atoms with E-state index in [1.807, 2.05) is 19.1 Å². The van der Waals surface area contributed by atoms with Gasteiger partial charge in [0.25, 0.3) is 0 Å². The lowest BCUT2D eigenvalue weighted by Gasteiger charge is -2.20. The summed E-state index contributed by atoms with van der Waals surface area (Å²) in [6.07, 6.45) is 0.199. The molecule has 178 valence electrons. The van der Waals surface area contributed by atoms with Crippen LogP contribution in [0, 0.1) is 0 Å². The van der Waals surface area contributed by atoms with E-state index in [9.17, 15) is 10.2 Å². The van der Waals surface area contributed by atoms with Crippen LogP contribution in [-0.4, -0.2) is 40.1 Å².